The van der Waals surface area contributed by atoms with E-state index in [1.807, 2.05) is 55.6 Å². The summed E-state index contributed by atoms with van der Waals surface area (Å²) < 4.78 is 2.10. The smallest absolute Gasteiger partial charge is 0.258 e. The summed E-state index contributed by atoms with van der Waals surface area (Å²) in [5, 5.41) is 2.95. The third-order valence-corrected chi connectivity index (χ3v) is 5.58. The number of nitrogens with one attached hydrogen (secondary N) is 1. The summed E-state index contributed by atoms with van der Waals surface area (Å²) in [5.41, 5.74) is 3.99. The molecule has 0 aliphatic rings. The third kappa shape index (κ3) is 4.54. The van der Waals surface area contributed by atoms with Gasteiger partial charge in [0.2, 0.25) is 0 Å². The molecule has 32 heavy (non-hydrogen) atoms. The Kier molecular flexibility index (Phi) is 6.31. The van der Waals surface area contributed by atoms with Gasteiger partial charge in [0.1, 0.15) is 5.82 Å². The van der Waals surface area contributed by atoms with Gasteiger partial charge in [0, 0.05) is 43.9 Å². The number of anilines is 1. The molecule has 0 spiro atoms. The highest BCUT2D eigenvalue weighted by Crippen LogP contribution is 2.16. The number of rotatable bonds is 7. The van der Waals surface area contributed by atoms with Gasteiger partial charge in [0.25, 0.3) is 11.8 Å². The molecule has 0 fully saturated rings. The molecule has 1 aromatic heterocycles. The third-order valence-electron chi connectivity index (χ3n) is 5.58. The molecule has 0 bridgehead atoms. The summed E-state index contributed by atoms with van der Waals surface area (Å²) >= 11 is 0. The van der Waals surface area contributed by atoms with Crippen molar-refractivity contribution in [2.45, 2.75) is 12.8 Å². The summed E-state index contributed by atoms with van der Waals surface area (Å²) in [6.45, 7) is 0.555. The van der Waals surface area contributed by atoms with Crippen molar-refractivity contribution in [2.75, 3.05) is 18.5 Å². The fraction of sp³-hybridized carbons (Fsp3) is 0.192. The van der Waals surface area contributed by atoms with E-state index < -0.39 is 0 Å². The van der Waals surface area contributed by atoms with Crippen LogP contribution in [0.4, 0.5) is 5.69 Å². The van der Waals surface area contributed by atoms with Gasteiger partial charge in [-0.2, -0.15) is 0 Å². The molecule has 2 amide bonds. The van der Waals surface area contributed by atoms with Crippen LogP contribution < -0.4 is 10.2 Å². The maximum atomic E-state index is 12.7. The van der Waals surface area contributed by atoms with E-state index in [2.05, 4.69) is 20.9 Å². The molecule has 0 saturated carbocycles. The average molecular weight is 427 g/mol. The van der Waals surface area contributed by atoms with E-state index in [0.717, 1.165) is 35.4 Å². The molecule has 6 nitrogen and oxygen atoms in total. The van der Waals surface area contributed by atoms with Gasteiger partial charge in [-0.15, -0.1) is 0 Å². The number of amides is 2. The first-order valence-electron chi connectivity index (χ1n) is 10.7. The number of carbonyl (C=O) groups excluding carboxylic acids is 2. The first-order chi connectivity index (χ1) is 15.5. The van der Waals surface area contributed by atoms with E-state index in [0.29, 0.717) is 17.7 Å². The molecule has 6 heteroatoms. The predicted molar refractivity (Wildman–Crippen MR) is 127 cm³/mol. The summed E-state index contributed by atoms with van der Waals surface area (Å²) in [7, 11) is 3.75. The van der Waals surface area contributed by atoms with Crippen molar-refractivity contribution >= 4 is 28.5 Å². The minimum atomic E-state index is -0.148. The standard InChI is InChI=1S/C26H26N4O2/c1-29(21-9-4-3-5-10-21)26(32)20-16-14-19(15-17-20)25(31)27-18-8-13-24-28-22-11-6-7-12-23(22)30(24)2/h3-7,9-12,14-17H,8,13,18H2,1-2H3,(H,27,31). The van der Waals surface area contributed by atoms with E-state index in [4.69, 9.17) is 0 Å². The normalized spacial score (nSPS) is 10.8. The largest absolute Gasteiger partial charge is 0.352 e. The highest BCUT2D eigenvalue weighted by Gasteiger charge is 2.14. The van der Waals surface area contributed by atoms with Crippen molar-refractivity contribution in [1.29, 1.82) is 0 Å². The number of para-hydroxylation sites is 3. The number of hydrogen-bond acceptors (Lipinski definition) is 3. The second-order valence-electron chi connectivity index (χ2n) is 7.71. The van der Waals surface area contributed by atoms with Crippen LogP contribution in [0.1, 0.15) is 33.0 Å². The van der Waals surface area contributed by atoms with E-state index in [-0.39, 0.29) is 11.8 Å². The molecular formula is C26H26N4O2. The minimum Gasteiger partial charge on any atom is -0.352 e. The predicted octanol–water partition coefficient (Wildman–Crippen LogP) is 4.21. The molecular weight excluding hydrogens is 400 g/mol. The summed E-state index contributed by atoms with van der Waals surface area (Å²) in [5.74, 6) is 0.738. The molecule has 3 aromatic carbocycles. The Bertz CT molecular complexity index is 1230. The zero-order valence-corrected chi connectivity index (χ0v) is 18.3. The molecule has 0 unspecified atom stereocenters. The number of hydrogen-bond donors (Lipinski definition) is 1. The number of aryl methyl sites for hydroxylation is 2. The van der Waals surface area contributed by atoms with Gasteiger partial charge in [-0.3, -0.25) is 9.59 Å². The van der Waals surface area contributed by atoms with E-state index in [9.17, 15) is 9.59 Å². The first-order valence-corrected chi connectivity index (χ1v) is 10.7. The molecule has 0 aliphatic carbocycles. The van der Waals surface area contributed by atoms with Crippen molar-refractivity contribution < 1.29 is 9.59 Å². The highest BCUT2D eigenvalue weighted by atomic mass is 16.2. The summed E-state index contributed by atoms with van der Waals surface area (Å²) in [4.78, 5) is 31.4. The summed E-state index contributed by atoms with van der Waals surface area (Å²) in [6, 6.07) is 24.3. The fourth-order valence-corrected chi connectivity index (χ4v) is 3.70. The SMILES string of the molecule is CN(C(=O)c1ccc(C(=O)NCCCc2nc3ccccc3n2C)cc1)c1ccccc1. The molecule has 162 valence electrons. The zero-order valence-electron chi connectivity index (χ0n) is 18.3. The van der Waals surface area contributed by atoms with Crippen LogP contribution in [0.5, 0.6) is 0 Å². The number of aromatic nitrogens is 2. The summed E-state index contributed by atoms with van der Waals surface area (Å²) in [6.07, 6.45) is 1.58. The zero-order chi connectivity index (χ0) is 22.5. The number of imidazole rings is 1. The maximum Gasteiger partial charge on any atom is 0.258 e. The molecule has 0 aliphatic heterocycles. The molecule has 4 rings (SSSR count). The van der Waals surface area contributed by atoms with Crippen LogP contribution in [-0.2, 0) is 13.5 Å². The van der Waals surface area contributed by atoms with Crippen LogP contribution in [0, 0.1) is 0 Å². The first kappa shape index (κ1) is 21.3. The molecule has 4 aromatic rings. The Morgan fingerprint density at radius 1 is 0.906 bits per heavy atom. The van der Waals surface area contributed by atoms with Gasteiger partial charge in [0.15, 0.2) is 0 Å². The second kappa shape index (κ2) is 9.47. The minimum absolute atomic E-state index is 0.120. The Labute approximate surface area is 187 Å². The molecule has 0 radical (unpaired) electrons. The molecule has 1 N–H and O–H groups in total. The van der Waals surface area contributed by atoms with Gasteiger partial charge in [-0.05, 0) is 55.0 Å². The van der Waals surface area contributed by atoms with Crippen LogP contribution in [0.3, 0.4) is 0 Å². The van der Waals surface area contributed by atoms with E-state index >= 15 is 0 Å². The molecule has 1 heterocycles. The molecule has 0 saturated heterocycles. The van der Waals surface area contributed by atoms with Gasteiger partial charge in [0.05, 0.1) is 11.0 Å². The van der Waals surface area contributed by atoms with Crippen LogP contribution in [0.15, 0.2) is 78.9 Å². The van der Waals surface area contributed by atoms with Crippen molar-refractivity contribution in [3.05, 3.63) is 95.8 Å². The van der Waals surface area contributed by atoms with Gasteiger partial charge in [-0.1, -0.05) is 30.3 Å². The molecule has 0 atom stereocenters. The van der Waals surface area contributed by atoms with Gasteiger partial charge < -0.3 is 14.8 Å². The quantitative estimate of drug-likeness (QED) is 0.450. The number of nitrogens with zero attached hydrogens (tertiary/aromatic N) is 3. The Hall–Kier alpha value is -3.93. The Morgan fingerprint density at radius 3 is 2.28 bits per heavy atom. The van der Waals surface area contributed by atoms with Crippen LogP contribution in [0.25, 0.3) is 11.0 Å². The van der Waals surface area contributed by atoms with Crippen molar-refractivity contribution in [1.82, 2.24) is 14.9 Å². The van der Waals surface area contributed by atoms with Crippen molar-refractivity contribution in [3.8, 4) is 0 Å². The Morgan fingerprint density at radius 2 is 1.56 bits per heavy atom. The average Bonchev–Trinajstić information content (AvgIpc) is 3.17. The lowest BCUT2D eigenvalue weighted by molar-refractivity contribution is 0.0950. The maximum absolute atomic E-state index is 12.7. The lowest BCUT2D eigenvalue weighted by Crippen LogP contribution is -2.27. The van der Waals surface area contributed by atoms with E-state index in [1.54, 1.807) is 36.2 Å². The monoisotopic (exact) mass is 426 g/mol. The number of benzene rings is 3. The van der Waals surface area contributed by atoms with Gasteiger partial charge in [-0.25, -0.2) is 4.98 Å². The van der Waals surface area contributed by atoms with Crippen LogP contribution in [0.2, 0.25) is 0 Å². The second-order valence-corrected chi connectivity index (χ2v) is 7.71. The van der Waals surface area contributed by atoms with E-state index in [1.165, 1.54) is 0 Å². The number of carbonyl (C=O) groups is 2. The lowest BCUT2D eigenvalue weighted by atomic mass is 10.1. The highest BCUT2D eigenvalue weighted by molar-refractivity contribution is 6.06. The van der Waals surface area contributed by atoms with Crippen molar-refractivity contribution in [3.63, 3.8) is 0 Å². The van der Waals surface area contributed by atoms with Gasteiger partial charge >= 0.3 is 0 Å². The van der Waals surface area contributed by atoms with Crippen LogP contribution >= 0.6 is 0 Å². The van der Waals surface area contributed by atoms with Crippen LogP contribution in [-0.4, -0.2) is 35.0 Å². The lowest BCUT2D eigenvalue weighted by Gasteiger charge is -2.17. The van der Waals surface area contributed by atoms with Crippen molar-refractivity contribution in [2.24, 2.45) is 7.05 Å². The topological polar surface area (TPSA) is 67.2 Å². The Balaban J connectivity index is 1.30. The number of fused-ring (bicyclic) bond motifs is 1. The fourth-order valence-electron chi connectivity index (χ4n) is 3.70.